The minimum absolute atomic E-state index is 0.0593. The van der Waals surface area contributed by atoms with Crippen molar-refractivity contribution in [1.82, 2.24) is 10.6 Å². The number of hydrogen-bond donors (Lipinski definition) is 2. The molecule has 58 valence electrons. The highest BCUT2D eigenvalue weighted by atomic mass is 16.7. The van der Waals surface area contributed by atoms with Crippen molar-refractivity contribution in [2.45, 2.75) is 19.9 Å². The van der Waals surface area contributed by atoms with Gasteiger partial charge in [0, 0.05) is 6.04 Å². The van der Waals surface area contributed by atoms with Crippen LogP contribution in [0.5, 0.6) is 0 Å². The standard InChI is InChI=1S/C6H12N2O2/c1-5(2)8-3-6(4-9)10-7-8/h3,5,7,9H,4H2,1-2H3. The Labute approximate surface area is 60.0 Å². The number of rotatable bonds is 2. The molecule has 0 spiro atoms. The lowest BCUT2D eigenvalue weighted by Crippen LogP contribution is -2.33. The van der Waals surface area contributed by atoms with Gasteiger partial charge in [-0.15, -0.1) is 0 Å². The van der Waals surface area contributed by atoms with Crippen LogP contribution >= 0.6 is 0 Å². The summed E-state index contributed by atoms with van der Waals surface area (Å²) in [5, 5.41) is 10.4. The van der Waals surface area contributed by atoms with Crippen LogP contribution in [0.2, 0.25) is 0 Å². The molecule has 0 amide bonds. The quantitative estimate of drug-likeness (QED) is 0.571. The molecule has 0 atom stereocenters. The molecule has 4 nitrogen and oxygen atoms in total. The van der Waals surface area contributed by atoms with Gasteiger partial charge in [0.2, 0.25) is 0 Å². The topological polar surface area (TPSA) is 44.7 Å². The van der Waals surface area contributed by atoms with E-state index >= 15 is 0 Å². The number of hydrogen-bond acceptors (Lipinski definition) is 4. The van der Waals surface area contributed by atoms with Gasteiger partial charge in [-0.3, -0.25) is 5.01 Å². The van der Waals surface area contributed by atoms with E-state index in [-0.39, 0.29) is 6.61 Å². The Kier molecular flexibility index (Phi) is 2.13. The second-order valence-corrected chi connectivity index (χ2v) is 2.45. The molecular weight excluding hydrogens is 132 g/mol. The maximum Gasteiger partial charge on any atom is 0.169 e. The Balaban J connectivity index is 2.47. The maximum absolute atomic E-state index is 8.61. The molecule has 0 aromatic carbocycles. The first kappa shape index (κ1) is 7.37. The van der Waals surface area contributed by atoms with Gasteiger partial charge < -0.3 is 9.94 Å². The third-order valence-corrected chi connectivity index (χ3v) is 1.28. The van der Waals surface area contributed by atoms with Crippen molar-refractivity contribution in [3.05, 3.63) is 12.0 Å². The zero-order chi connectivity index (χ0) is 7.56. The zero-order valence-corrected chi connectivity index (χ0v) is 6.16. The first-order valence-electron chi connectivity index (χ1n) is 3.26. The minimum Gasteiger partial charge on any atom is -0.389 e. The highest BCUT2D eigenvalue weighted by Gasteiger charge is 2.14. The Morgan fingerprint density at radius 3 is 2.80 bits per heavy atom. The SMILES string of the molecule is CC(C)N1C=C(CO)ON1. The molecule has 1 heterocycles. The second-order valence-electron chi connectivity index (χ2n) is 2.45. The van der Waals surface area contributed by atoms with Crippen molar-refractivity contribution in [3.63, 3.8) is 0 Å². The molecule has 10 heavy (non-hydrogen) atoms. The summed E-state index contributed by atoms with van der Waals surface area (Å²) in [7, 11) is 0. The van der Waals surface area contributed by atoms with Crippen LogP contribution in [0.3, 0.4) is 0 Å². The summed E-state index contributed by atoms with van der Waals surface area (Å²) in [5.74, 6) is 0.550. The minimum atomic E-state index is -0.0593. The van der Waals surface area contributed by atoms with E-state index in [2.05, 4.69) is 5.59 Å². The monoisotopic (exact) mass is 144 g/mol. The Morgan fingerprint density at radius 2 is 2.50 bits per heavy atom. The van der Waals surface area contributed by atoms with E-state index in [1.807, 2.05) is 13.8 Å². The number of nitrogens with one attached hydrogen (secondary N) is 1. The van der Waals surface area contributed by atoms with E-state index in [1.165, 1.54) is 0 Å². The summed E-state index contributed by atoms with van der Waals surface area (Å²) < 4.78 is 0. The van der Waals surface area contributed by atoms with Crippen molar-refractivity contribution in [1.29, 1.82) is 0 Å². The van der Waals surface area contributed by atoms with Crippen LogP contribution in [0.1, 0.15) is 13.8 Å². The van der Waals surface area contributed by atoms with Crippen LogP contribution in [0.15, 0.2) is 12.0 Å². The average molecular weight is 144 g/mol. The van der Waals surface area contributed by atoms with Crippen LogP contribution < -0.4 is 5.59 Å². The summed E-state index contributed by atoms with van der Waals surface area (Å²) in [4.78, 5) is 4.86. The summed E-state index contributed by atoms with van der Waals surface area (Å²) in [6, 6.07) is 0.337. The van der Waals surface area contributed by atoms with Crippen molar-refractivity contribution >= 4 is 0 Å². The average Bonchev–Trinajstić information content (AvgIpc) is 2.34. The highest BCUT2D eigenvalue weighted by Crippen LogP contribution is 2.07. The predicted octanol–water partition coefficient (Wildman–Crippen LogP) is -0.0197. The lowest BCUT2D eigenvalue weighted by atomic mass is 10.4. The molecule has 0 aliphatic carbocycles. The summed E-state index contributed by atoms with van der Waals surface area (Å²) in [6.07, 6.45) is 1.74. The van der Waals surface area contributed by atoms with Gasteiger partial charge >= 0.3 is 0 Å². The molecule has 1 aliphatic rings. The molecule has 1 rings (SSSR count). The van der Waals surface area contributed by atoms with Crippen LogP contribution in [0.4, 0.5) is 0 Å². The normalized spacial score (nSPS) is 17.6. The van der Waals surface area contributed by atoms with Crippen molar-refractivity contribution < 1.29 is 9.94 Å². The van der Waals surface area contributed by atoms with E-state index in [9.17, 15) is 0 Å². The van der Waals surface area contributed by atoms with E-state index < -0.39 is 0 Å². The first-order valence-corrected chi connectivity index (χ1v) is 3.26. The van der Waals surface area contributed by atoms with Gasteiger partial charge in [-0.1, -0.05) is 5.59 Å². The van der Waals surface area contributed by atoms with Crippen LogP contribution in [-0.2, 0) is 4.84 Å². The van der Waals surface area contributed by atoms with E-state index in [1.54, 1.807) is 11.2 Å². The smallest absolute Gasteiger partial charge is 0.169 e. The van der Waals surface area contributed by atoms with Crippen LogP contribution in [0, 0.1) is 0 Å². The fourth-order valence-electron chi connectivity index (χ4n) is 0.647. The van der Waals surface area contributed by atoms with Gasteiger partial charge in [0.15, 0.2) is 5.76 Å². The zero-order valence-electron chi connectivity index (χ0n) is 6.16. The molecular formula is C6H12N2O2. The summed E-state index contributed by atoms with van der Waals surface area (Å²) >= 11 is 0. The maximum atomic E-state index is 8.61. The van der Waals surface area contributed by atoms with Crippen LogP contribution in [-0.4, -0.2) is 22.8 Å². The molecule has 0 fully saturated rings. The Bertz CT molecular complexity index is 145. The predicted molar refractivity (Wildman–Crippen MR) is 36.4 cm³/mol. The van der Waals surface area contributed by atoms with Gasteiger partial charge in [-0.05, 0) is 13.8 Å². The third-order valence-electron chi connectivity index (χ3n) is 1.28. The largest absolute Gasteiger partial charge is 0.389 e. The fraction of sp³-hybridized carbons (Fsp3) is 0.667. The second kappa shape index (κ2) is 2.90. The molecule has 0 saturated carbocycles. The number of aliphatic hydroxyl groups excluding tert-OH is 1. The summed E-state index contributed by atoms with van der Waals surface area (Å²) in [5.41, 5.74) is 2.64. The van der Waals surface area contributed by atoms with Gasteiger partial charge in [0.25, 0.3) is 0 Å². The third kappa shape index (κ3) is 1.40. The molecule has 2 N–H and O–H groups in total. The molecule has 0 radical (unpaired) electrons. The van der Waals surface area contributed by atoms with E-state index in [4.69, 9.17) is 9.94 Å². The van der Waals surface area contributed by atoms with Crippen molar-refractivity contribution in [2.75, 3.05) is 6.61 Å². The fourth-order valence-corrected chi connectivity index (χ4v) is 0.647. The van der Waals surface area contributed by atoms with Gasteiger partial charge in [0.1, 0.15) is 6.61 Å². The number of hydrazine groups is 1. The van der Waals surface area contributed by atoms with Gasteiger partial charge in [0.05, 0.1) is 6.20 Å². The molecule has 0 bridgehead atoms. The number of aliphatic hydroxyl groups is 1. The van der Waals surface area contributed by atoms with Gasteiger partial charge in [-0.2, -0.15) is 0 Å². The first-order chi connectivity index (χ1) is 4.74. The number of nitrogens with zero attached hydrogens (tertiary/aromatic N) is 1. The van der Waals surface area contributed by atoms with Crippen molar-refractivity contribution in [3.8, 4) is 0 Å². The molecule has 0 aromatic rings. The Morgan fingerprint density at radius 1 is 1.80 bits per heavy atom. The lowest BCUT2D eigenvalue weighted by Gasteiger charge is -2.17. The molecule has 4 heteroatoms. The highest BCUT2D eigenvalue weighted by molar-refractivity contribution is 4.95. The van der Waals surface area contributed by atoms with Crippen LogP contribution in [0.25, 0.3) is 0 Å². The Hall–Kier alpha value is -0.740. The van der Waals surface area contributed by atoms with E-state index in [0.29, 0.717) is 11.8 Å². The molecule has 1 aliphatic heterocycles. The van der Waals surface area contributed by atoms with Crippen molar-refractivity contribution in [2.24, 2.45) is 0 Å². The lowest BCUT2D eigenvalue weighted by molar-refractivity contribution is -0.00260. The molecule has 0 aromatic heterocycles. The molecule has 0 saturated heterocycles. The molecule has 0 unspecified atom stereocenters. The van der Waals surface area contributed by atoms with Gasteiger partial charge in [-0.25, -0.2) is 0 Å². The van der Waals surface area contributed by atoms with E-state index in [0.717, 1.165) is 0 Å². The summed E-state index contributed by atoms with van der Waals surface area (Å²) in [6.45, 7) is 3.98.